The normalized spacial score (nSPS) is 19.5. The minimum atomic E-state index is -0.761. The summed E-state index contributed by atoms with van der Waals surface area (Å²) in [4.78, 5) is 22.7. The first kappa shape index (κ1) is 21.0. The molecule has 4 rings (SSSR count). The Morgan fingerprint density at radius 3 is 2.68 bits per heavy atom. The van der Waals surface area contributed by atoms with Gasteiger partial charge < -0.3 is 20.1 Å². The Morgan fingerprint density at radius 2 is 2.00 bits per heavy atom. The molecule has 1 amide bonds. The molecule has 1 aliphatic heterocycles. The molecule has 3 aromatic heterocycles. The topological polar surface area (TPSA) is 105 Å². The number of hydrogen-bond acceptors (Lipinski definition) is 7. The molecule has 0 radical (unpaired) electrons. The maximum absolute atomic E-state index is 12.3. The highest BCUT2D eigenvalue weighted by Crippen LogP contribution is 2.22. The second-order valence-corrected chi connectivity index (χ2v) is 8.89. The second-order valence-electron chi connectivity index (χ2n) is 8.89. The van der Waals surface area contributed by atoms with Gasteiger partial charge >= 0.3 is 6.09 Å². The monoisotopic (exact) mass is 424 g/mol. The molecule has 31 heavy (non-hydrogen) atoms. The summed E-state index contributed by atoms with van der Waals surface area (Å²) in [6.45, 7) is 8.14. The number of carbonyl (C=O) groups is 1. The summed E-state index contributed by atoms with van der Waals surface area (Å²) in [6.07, 6.45) is 2.94. The van der Waals surface area contributed by atoms with Crippen molar-refractivity contribution in [3.8, 4) is 11.4 Å². The molecule has 0 saturated carbocycles. The zero-order valence-electron chi connectivity index (χ0n) is 18.2. The van der Waals surface area contributed by atoms with Gasteiger partial charge in [0.1, 0.15) is 5.60 Å². The number of likely N-dealkylation sites (tertiary alicyclic amines) is 1. The zero-order chi connectivity index (χ0) is 22.2. The van der Waals surface area contributed by atoms with Crippen LogP contribution in [0.15, 0.2) is 36.7 Å². The molecule has 1 saturated heterocycles. The number of carbonyl (C=O) groups excluding carboxylic acids is 1. The Kier molecular flexibility index (Phi) is 5.53. The quantitative estimate of drug-likeness (QED) is 0.666. The van der Waals surface area contributed by atoms with E-state index in [2.05, 4.69) is 20.4 Å². The average molecular weight is 425 g/mol. The lowest BCUT2D eigenvalue weighted by atomic mass is 10.0. The number of fused-ring (bicyclic) bond motifs is 1. The van der Waals surface area contributed by atoms with Crippen molar-refractivity contribution in [2.45, 2.75) is 51.9 Å². The van der Waals surface area contributed by atoms with Gasteiger partial charge in [0.15, 0.2) is 0 Å². The highest BCUT2D eigenvalue weighted by Gasteiger charge is 2.33. The van der Waals surface area contributed by atoms with Gasteiger partial charge in [0.25, 0.3) is 0 Å². The Hall–Kier alpha value is -3.20. The number of nitrogens with zero attached hydrogens (tertiary/aromatic N) is 5. The molecular weight excluding hydrogens is 396 g/mol. The summed E-state index contributed by atoms with van der Waals surface area (Å²) in [5.41, 5.74) is 3.06. The molecule has 2 N–H and O–H groups in total. The van der Waals surface area contributed by atoms with Crippen LogP contribution in [0.1, 0.15) is 32.8 Å². The number of aliphatic hydroxyl groups excluding tert-OH is 1. The van der Waals surface area contributed by atoms with E-state index < -0.39 is 17.8 Å². The number of nitrogens with one attached hydrogen (secondary N) is 1. The molecule has 2 atom stereocenters. The smallest absolute Gasteiger partial charge is 0.410 e. The predicted octanol–water partition coefficient (Wildman–Crippen LogP) is 2.88. The molecular formula is C22H28N6O3. The molecule has 164 valence electrons. The molecule has 9 nitrogen and oxygen atoms in total. The minimum absolute atomic E-state index is 0.191. The van der Waals surface area contributed by atoms with Crippen molar-refractivity contribution in [2.24, 2.45) is 0 Å². The number of aliphatic hydroxyl groups is 1. The van der Waals surface area contributed by atoms with E-state index in [1.807, 2.05) is 58.2 Å². The Bertz CT molecular complexity index is 1070. The van der Waals surface area contributed by atoms with E-state index in [1.165, 1.54) is 4.90 Å². The zero-order valence-corrected chi connectivity index (χ0v) is 18.2. The minimum Gasteiger partial charge on any atom is -0.444 e. The van der Waals surface area contributed by atoms with Gasteiger partial charge in [-0.2, -0.15) is 0 Å². The number of aromatic nitrogens is 4. The predicted molar refractivity (Wildman–Crippen MR) is 117 cm³/mol. The van der Waals surface area contributed by atoms with E-state index in [4.69, 9.17) is 4.74 Å². The number of ether oxygens (including phenoxy) is 1. The highest BCUT2D eigenvalue weighted by molar-refractivity contribution is 5.68. The van der Waals surface area contributed by atoms with E-state index in [0.29, 0.717) is 18.9 Å². The van der Waals surface area contributed by atoms with E-state index in [9.17, 15) is 9.90 Å². The van der Waals surface area contributed by atoms with Crippen molar-refractivity contribution in [1.29, 1.82) is 0 Å². The van der Waals surface area contributed by atoms with Crippen molar-refractivity contribution in [3.05, 3.63) is 42.2 Å². The number of hydrogen-bond donors (Lipinski definition) is 2. The summed E-state index contributed by atoms with van der Waals surface area (Å²) >= 11 is 0. The molecule has 1 aliphatic rings. The number of piperidine rings is 1. The van der Waals surface area contributed by atoms with Crippen LogP contribution in [-0.2, 0) is 4.74 Å². The lowest BCUT2D eigenvalue weighted by Gasteiger charge is -2.36. The number of anilines is 1. The van der Waals surface area contributed by atoms with Gasteiger partial charge in [0.2, 0.25) is 5.95 Å². The van der Waals surface area contributed by atoms with Crippen LogP contribution in [0.5, 0.6) is 0 Å². The first-order valence-corrected chi connectivity index (χ1v) is 10.4. The highest BCUT2D eigenvalue weighted by atomic mass is 16.6. The van der Waals surface area contributed by atoms with Crippen LogP contribution in [0.3, 0.4) is 0 Å². The van der Waals surface area contributed by atoms with Crippen molar-refractivity contribution in [2.75, 3.05) is 18.4 Å². The Morgan fingerprint density at radius 1 is 1.19 bits per heavy atom. The third-order valence-electron chi connectivity index (χ3n) is 5.12. The maximum atomic E-state index is 12.3. The first-order valence-electron chi connectivity index (χ1n) is 10.4. The van der Waals surface area contributed by atoms with Gasteiger partial charge in [0, 0.05) is 12.7 Å². The standard InChI is InChI=1S/C22H28N6O3/c1-14-5-7-16(23-11-14)18-8-6-15-12-24-20(26-28(15)18)25-17-9-10-27(13-19(17)29)21(30)31-22(2,3)4/h5-8,11-12,17,19,29H,9-10,13H2,1-4H3,(H,25,26)/t17-,19-/m1/s1. The summed E-state index contributed by atoms with van der Waals surface area (Å²) in [5.74, 6) is 0.409. The number of β-amino-alcohol motifs (C(OH)–C–C–N with tert-alkyl or cyclic N) is 1. The van der Waals surface area contributed by atoms with Crippen molar-refractivity contribution >= 4 is 17.6 Å². The van der Waals surface area contributed by atoms with Crippen LogP contribution in [0.2, 0.25) is 0 Å². The van der Waals surface area contributed by atoms with Crippen LogP contribution < -0.4 is 5.32 Å². The molecule has 0 aromatic carbocycles. The number of amides is 1. The summed E-state index contributed by atoms with van der Waals surface area (Å²) in [6, 6.07) is 7.60. The van der Waals surface area contributed by atoms with Gasteiger partial charge in [0.05, 0.1) is 41.8 Å². The van der Waals surface area contributed by atoms with Crippen LogP contribution in [-0.4, -0.2) is 66.5 Å². The fourth-order valence-electron chi connectivity index (χ4n) is 3.54. The van der Waals surface area contributed by atoms with Gasteiger partial charge in [-0.1, -0.05) is 6.07 Å². The summed E-state index contributed by atoms with van der Waals surface area (Å²) < 4.78 is 7.19. The third-order valence-corrected chi connectivity index (χ3v) is 5.12. The second kappa shape index (κ2) is 8.14. The van der Waals surface area contributed by atoms with Crippen LogP contribution in [0.4, 0.5) is 10.7 Å². The van der Waals surface area contributed by atoms with Crippen molar-refractivity contribution in [3.63, 3.8) is 0 Å². The Balaban J connectivity index is 1.47. The van der Waals surface area contributed by atoms with Gasteiger partial charge in [-0.25, -0.2) is 14.3 Å². The third kappa shape index (κ3) is 4.77. The van der Waals surface area contributed by atoms with Crippen LogP contribution >= 0.6 is 0 Å². The molecule has 0 spiro atoms. The number of aryl methyl sites for hydroxylation is 1. The fraction of sp³-hybridized carbons (Fsp3) is 0.455. The van der Waals surface area contributed by atoms with E-state index >= 15 is 0 Å². The van der Waals surface area contributed by atoms with Crippen molar-refractivity contribution in [1.82, 2.24) is 24.5 Å². The number of rotatable bonds is 3. The molecule has 0 bridgehead atoms. The lowest BCUT2D eigenvalue weighted by Crippen LogP contribution is -2.52. The van der Waals surface area contributed by atoms with Gasteiger partial charge in [-0.05, 0) is 57.9 Å². The van der Waals surface area contributed by atoms with E-state index in [-0.39, 0.29) is 12.6 Å². The molecule has 0 unspecified atom stereocenters. The molecule has 9 heteroatoms. The summed E-state index contributed by atoms with van der Waals surface area (Å²) in [7, 11) is 0. The van der Waals surface area contributed by atoms with Crippen molar-refractivity contribution < 1.29 is 14.6 Å². The molecule has 3 aromatic rings. The SMILES string of the molecule is Cc1ccc(-c2ccc3cnc(N[C@@H]4CCN(C(=O)OC(C)(C)C)C[C@H]4O)nn23)nc1. The van der Waals surface area contributed by atoms with E-state index in [1.54, 1.807) is 10.7 Å². The largest absolute Gasteiger partial charge is 0.444 e. The molecule has 1 fully saturated rings. The lowest BCUT2D eigenvalue weighted by molar-refractivity contribution is 0.00113. The first-order chi connectivity index (χ1) is 14.7. The molecule has 4 heterocycles. The van der Waals surface area contributed by atoms with Gasteiger partial charge in [-0.15, -0.1) is 5.10 Å². The fourth-order valence-corrected chi connectivity index (χ4v) is 3.54. The number of pyridine rings is 1. The van der Waals surface area contributed by atoms with E-state index in [0.717, 1.165) is 22.5 Å². The Labute approximate surface area is 181 Å². The molecule has 0 aliphatic carbocycles. The van der Waals surface area contributed by atoms with Gasteiger partial charge in [-0.3, -0.25) is 4.98 Å². The van der Waals surface area contributed by atoms with Crippen LogP contribution in [0.25, 0.3) is 16.9 Å². The average Bonchev–Trinajstić information content (AvgIpc) is 3.12. The maximum Gasteiger partial charge on any atom is 0.410 e. The van der Waals surface area contributed by atoms with Crippen LogP contribution in [0, 0.1) is 6.92 Å². The summed E-state index contributed by atoms with van der Waals surface area (Å²) in [5, 5.41) is 18.4.